The number of methoxy groups -OCH3 is 2. The molecule has 0 spiro atoms. The van der Waals surface area contributed by atoms with E-state index in [4.69, 9.17) is 15.2 Å². The number of nitrogens with one attached hydrogen (secondary N) is 1. The van der Waals surface area contributed by atoms with Crippen molar-refractivity contribution < 1.29 is 9.47 Å². The molecule has 6 nitrogen and oxygen atoms in total. The van der Waals surface area contributed by atoms with Gasteiger partial charge in [-0.15, -0.1) is 0 Å². The van der Waals surface area contributed by atoms with Gasteiger partial charge in [-0.05, 0) is 12.1 Å². The van der Waals surface area contributed by atoms with Crippen molar-refractivity contribution in [1.29, 1.82) is 0 Å². The van der Waals surface area contributed by atoms with Crippen molar-refractivity contribution in [2.45, 2.75) is 13.3 Å². The highest BCUT2D eigenvalue weighted by atomic mass is 16.5. The first-order valence-corrected chi connectivity index (χ1v) is 6.21. The molecule has 0 saturated carbocycles. The number of aromatic amines is 1. The molecule has 0 radical (unpaired) electrons. The molecule has 0 atom stereocenters. The highest BCUT2D eigenvalue weighted by Gasteiger charge is 2.12. The Morgan fingerprint density at radius 1 is 1.25 bits per heavy atom. The standard InChI is InChI=1S/C14H17N3O3/c1-4-12-16-10(7-13(18)17-12)8-5-9(15)14(20-3)11(6-8)19-2/h5-7H,4,15H2,1-3H3,(H,16,17,18). The van der Waals surface area contributed by atoms with Gasteiger partial charge in [-0.25, -0.2) is 4.98 Å². The Balaban J connectivity index is 2.61. The van der Waals surface area contributed by atoms with Gasteiger partial charge in [0.25, 0.3) is 5.56 Å². The lowest BCUT2D eigenvalue weighted by atomic mass is 10.1. The fraction of sp³-hybridized carbons (Fsp3) is 0.286. The molecule has 0 aliphatic rings. The van der Waals surface area contributed by atoms with Crippen LogP contribution in [0.2, 0.25) is 0 Å². The summed E-state index contributed by atoms with van der Waals surface area (Å²) in [5.41, 5.74) is 7.44. The number of nitrogens with zero attached hydrogens (tertiary/aromatic N) is 1. The van der Waals surface area contributed by atoms with E-state index >= 15 is 0 Å². The number of hydrogen-bond acceptors (Lipinski definition) is 5. The quantitative estimate of drug-likeness (QED) is 0.827. The van der Waals surface area contributed by atoms with Crippen LogP contribution in [0.1, 0.15) is 12.7 Å². The van der Waals surface area contributed by atoms with Crippen molar-refractivity contribution in [2.24, 2.45) is 0 Å². The predicted molar refractivity (Wildman–Crippen MR) is 77.2 cm³/mol. The maximum atomic E-state index is 11.6. The van der Waals surface area contributed by atoms with E-state index in [1.807, 2.05) is 6.92 Å². The third-order valence-corrected chi connectivity index (χ3v) is 2.93. The summed E-state index contributed by atoms with van der Waals surface area (Å²) in [4.78, 5) is 18.7. The second-order valence-corrected chi connectivity index (χ2v) is 4.23. The van der Waals surface area contributed by atoms with Crippen molar-refractivity contribution in [1.82, 2.24) is 9.97 Å². The summed E-state index contributed by atoms with van der Waals surface area (Å²) in [6.07, 6.45) is 0.645. The van der Waals surface area contributed by atoms with Gasteiger partial charge >= 0.3 is 0 Å². The summed E-state index contributed by atoms with van der Waals surface area (Å²) in [5, 5.41) is 0. The molecule has 20 heavy (non-hydrogen) atoms. The number of aryl methyl sites for hydroxylation is 1. The zero-order valence-corrected chi connectivity index (χ0v) is 11.7. The van der Waals surface area contributed by atoms with Crippen LogP contribution in [0.15, 0.2) is 23.0 Å². The summed E-state index contributed by atoms with van der Waals surface area (Å²) in [6.45, 7) is 1.92. The van der Waals surface area contributed by atoms with Crippen LogP contribution in [0, 0.1) is 0 Å². The molecule has 0 saturated heterocycles. The Hall–Kier alpha value is -2.50. The molecule has 0 bridgehead atoms. The van der Waals surface area contributed by atoms with Crippen molar-refractivity contribution in [2.75, 3.05) is 20.0 Å². The number of H-pyrrole nitrogens is 1. The van der Waals surface area contributed by atoms with E-state index in [1.165, 1.54) is 20.3 Å². The van der Waals surface area contributed by atoms with Gasteiger partial charge in [0.1, 0.15) is 5.82 Å². The van der Waals surface area contributed by atoms with Crippen LogP contribution in [-0.4, -0.2) is 24.2 Å². The summed E-state index contributed by atoms with van der Waals surface area (Å²) in [6, 6.07) is 4.89. The molecule has 1 heterocycles. The third kappa shape index (κ3) is 2.59. The fourth-order valence-electron chi connectivity index (χ4n) is 1.97. The van der Waals surface area contributed by atoms with E-state index in [2.05, 4.69) is 9.97 Å². The van der Waals surface area contributed by atoms with Crippen LogP contribution in [0.5, 0.6) is 11.5 Å². The number of hydrogen-bond donors (Lipinski definition) is 2. The van der Waals surface area contributed by atoms with Gasteiger partial charge in [-0.3, -0.25) is 4.79 Å². The van der Waals surface area contributed by atoms with Gasteiger partial charge in [0.15, 0.2) is 11.5 Å². The van der Waals surface area contributed by atoms with Crippen molar-refractivity contribution in [3.8, 4) is 22.8 Å². The number of anilines is 1. The molecule has 0 aliphatic carbocycles. The van der Waals surface area contributed by atoms with Gasteiger partial charge < -0.3 is 20.2 Å². The maximum Gasteiger partial charge on any atom is 0.251 e. The molecule has 1 aromatic heterocycles. The van der Waals surface area contributed by atoms with Crippen LogP contribution in [0.4, 0.5) is 5.69 Å². The van der Waals surface area contributed by atoms with Crippen LogP contribution >= 0.6 is 0 Å². The molecule has 0 amide bonds. The van der Waals surface area contributed by atoms with Crippen molar-refractivity contribution in [3.63, 3.8) is 0 Å². The normalized spacial score (nSPS) is 10.3. The predicted octanol–water partition coefficient (Wildman–Crippen LogP) is 1.60. The van der Waals surface area contributed by atoms with Crippen molar-refractivity contribution >= 4 is 5.69 Å². The van der Waals surface area contributed by atoms with E-state index in [9.17, 15) is 4.79 Å². The Bertz CT molecular complexity index is 680. The lowest BCUT2D eigenvalue weighted by molar-refractivity contribution is 0.356. The van der Waals surface area contributed by atoms with Gasteiger partial charge in [0.05, 0.1) is 25.6 Å². The minimum Gasteiger partial charge on any atom is -0.493 e. The molecule has 0 unspecified atom stereocenters. The highest BCUT2D eigenvalue weighted by molar-refractivity contribution is 5.73. The Morgan fingerprint density at radius 2 is 2.00 bits per heavy atom. The Kier molecular flexibility index (Phi) is 3.93. The van der Waals surface area contributed by atoms with Crippen LogP contribution in [0.3, 0.4) is 0 Å². The fourth-order valence-corrected chi connectivity index (χ4v) is 1.97. The average molecular weight is 275 g/mol. The smallest absolute Gasteiger partial charge is 0.251 e. The number of aromatic nitrogens is 2. The first-order chi connectivity index (χ1) is 9.58. The second kappa shape index (κ2) is 5.64. The molecule has 0 aliphatic heterocycles. The first-order valence-electron chi connectivity index (χ1n) is 6.21. The van der Waals surface area contributed by atoms with Crippen LogP contribution < -0.4 is 20.8 Å². The number of ether oxygens (including phenoxy) is 2. The summed E-state index contributed by atoms with van der Waals surface area (Å²) in [7, 11) is 3.05. The molecule has 2 rings (SSSR count). The van der Waals surface area contributed by atoms with E-state index in [0.29, 0.717) is 40.7 Å². The Morgan fingerprint density at radius 3 is 2.60 bits per heavy atom. The summed E-state index contributed by atoms with van der Waals surface area (Å²) < 4.78 is 10.4. The lowest BCUT2D eigenvalue weighted by Crippen LogP contribution is -2.10. The molecule has 1 aromatic carbocycles. The second-order valence-electron chi connectivity index (χ2n) is 4.23. The van der Waals surface area contributed by atoms with Crippen LogP contribution in [-0.2, 0) is 6.42 Å². The molecule has 106 valence electrons. The van der Waals surface area contributed by atoms with Crippen LogP contribution in [0.25, 0.3) is 11.3 Å². The van der Waals surface area contributed by atoms with Crippen molar-refractivity contribution in [3.05, 3.63) is 34.4 Å². The highest BCUT2D eigenvalue weighted by Crippen LogP contribution is 2.37. The van der Waals surface area contributed by atoms with E-state index in [0.717, 1.165) is 0 Å². The third-order valence-electron chi connectivity index (χ3n) is 2.93. The average Bonchev–Trinajstić information content (AvgIpc) is 2.45. The van der Waals surface area contributed by atoms with Gasteiger partial charge in [-0.1, -0.05) is 6.92 Å². The molecule has 0 fully saturated rings. The SMILES string of the molecule is CCc1nc(-c2cc(N)c(OC)c(OC)c2)cc(=O)[nH]1. The molecular weight excluding hydrogens is 258 g/mol. The first kappa shape index (κ1) is 13.9. The van der Waals surface area contributed by atoms with E-state index < -0.39 is 0 Å². The van der Waals surface area contributed by atoms with E-state index in [-0.39, 0.29) is 5.56 Å². The largest absolute Gasteiger partial charge is 0.493 e. The zero-order valence-electron chi connectivity index (χ0n) is 11.7. The summed E-state index contributed by atoms with van der Waals surface area (Å²) >= 11 is 0. The molecular formula is C14H17N3O3. The molecule has 6 heteroatoms. The number of benzene rings is 1. The summed E-state index contributed by atoms with van der Waals surface area (Å²) in [5.74, 6) is 1.60. The monoisotopic (exact) mass is 275 g/mol. The topological polar surface area (TPSA) is 90.2 Å². The maximum absolute atomic E-state index is 11.6. The number of nitrogens with two attached hydrogens (primary N) is 1. The number of rotatable bonds is 4. The minimum absolute atomic E-state index is 0.194. The molecule has 2 aromatic rings. The number of nitrogen functional groups attached to an aromatic ring is 1. The minimum atomic E-state index is -0.194. The van der Waals surface area contributed by atoms with Gasteiger partial charge in [-0.2, -0.15) is 0 Å². The van der Waals surface area contributed by atoms with Gasteiger partial charge in [0.2, 0.25) is 0 Å². The molecule has 3 N–H and O–H groups in total. The van der Waals surface area contributed by atoms with Gasteiger partial charge in [0, 0.05) is 18.1 Å². The van der Waals surface area contributed by atoms with E-state index in [1.54, 1.807) is 12.1 Å². The zero-order chi connectivity index (χ0) is 14.7. The Labute approximate surface area is 116 Å². The lowest BCUT2D eigenvalue weighted by Gasteiger charge is -2.12.